The first-order valence-electron chi connectivity index (χ1n) is 5.57. The van der Waals surface area contributed by atoms with Crippen LogP contribution in [0.25, 0.3) is 0 Å². The van der Waals surface area contributed by atoms with Crippen LogP contribution in [0.1, 0.15) is 13.3 Å². The van der Waals surface area contributed by atoms with Gasteiger partial charge in [-0.2, -0.15) is 0 Å². The molecule has 0 aliphatic carbocycles. The van der Waals surface area contributed by atoms with E-state index in [-0.39, 0.29) is 18.1 Å². The van der Waals surface area contributed by atoms with E-state index < -0.39 is 5.97 Å². The van der Waals surface area contributed by atoms with E-state index in [1.54, 1.807) is 19.1 Å². The molecule has 1 aliphatic heterocycles. The molecule has 0 atom stereocenters. The largest absolute Gasteiger partial charge is 0.737 e. The van der Waals surface area contributed by atoms with E-state index in [4.69, 9.17) is 15.3 Å². The summed E-state index contributed by atoms with van der Waals surface area (Å²) in [5, 5.41) is 16.6. The van der Waals surface area contributed by atoms with Crippen molar-refractivity contribution >= 4 is 23.3 Å². The van der Waals surface area contributed by atoms with Crippen LogP contribution in [0.2, 0.25) is 0 Å². The summed E-state index contributed by atoms with van der Waals surface area (Å²) in [6.45, 7) is 1.65. The lowest BCUT2D eigenvalue weighted by Gasteiger charge is -2.36. The van der Waals surface area contributed by atoms with Crippen LogP contribution in [-0.2, 0) is 9.63 Å². The number of carbonyl (C=O) groups is 1. The third-order valence-corrected chi connectivity index (χ3v) is 2.49. The molecule has 0 radical (unpaired) electrons. The maximum atomic E-state index is 11.7. The molecule has 0 saturated heterocycles. The summed E-state index contributed by atoms with van der Waals surface area (Å²) in [5.74, 6) is -0.217. The zero-order valence-electron chi connectivity index (χ0n) is 10.5. The highest BCUT2D eigenvalue weighted by molar-refractivity contribution is 6.01. The second kappa shape index (κ2) is 5.02. The van der Waals surface area contributed by atoms with E-state index in [0.717, 1.165) is 5.06 Å². The smallest absolute Gasteiger partial charge is 0.332 e. The number of benzene rings is 1. The minimum absolute atomic E-state index is 0.177. The molecule has 2 rings (SSSR count). The third kappa shape index (κ3) is 2.38. The highest BCUT2D eigenvalue weighted by Crippen LogP contribution is 2.35. The zero-order valence-corrected chi connectivity index (χ0v) is 10.5. The Morgan fingerprint density at radius 3 is 2.84 bits per heavy atom. The van der Waals surface area contributed by atoms with Crippen molar-refractivity contribution < 1.29 is 14.4 Å². The summed E-state index contributed by atoms with van der Waals surface area (Å²) in [4.78, 5) is 16.4. The number of anilines is 2. The Kier molecular flexibility index (Phi) is 3.43. The predicted molar refractivity (Wildman–Crippen MR) is 69.3 cm³/mol. The molecule has 0 spiro atoms. The molecular weight excluding hydrogens is 252 g/mol. The lowest BCUT2D eigenvalue weighted by molar-refractivity contribution is -0.143. The Morgan fingerprint density at radius 2 is 2.21 bits per heavy atom. The molecule has 0 saturated carbocycles. The molecule has 2 N–H and O–H groups in total. The van der Waals surface area contributed by atoms with Gasteiger partial charge in [0.05, 0.1) is 12.8 Å². The number of hydrogen-bond donors (Lipinski definition) is 1. The fourth-order valence-corrected chi connectivity index (χ4v) is 1.53. The third-order valence-electron chi connectivity index (χ3n) is 2.49. The summed E-state index contributed by atoms with van der Waals surface area (Å²) < 4.78 is 5.02. The minimum Gasteiger partial charge on any atom is -0.737 e. The second-order valence-corrected chi connectivity index (χ2v) is 3.70. The molecule has 1 aliphatic rings. The van der Waals surface area contributed by atoms with Gasteiger partial charge in [-0.25, -0.2) is 4.79 Å². The maximum absolute atomic E-state index is 11.7. The highest BCUT2D eigenvalue weighted by Gasteiger charge is 2.24. The van der Waals surface area contributed by atoms with Crippen LogP contribution in [0.15, 0.2) is 23.3 Å². The lowest BCUT2D eigenvalue weighted by Crippen LogP contribution is -2.43. The van der Waals surface area contributed by atoms with Crippen LogP contribution >= 0.6 is 0 Å². The monoisotopic (exact) mass is 265 g/mol. The minimum atomic E-state index is -0.487. The van der Waals surface area contributed by atoms with Crippen LogP contribution in [0.3, 0.4) is 0 Å². The molecule has 19 heavy (non-hydrogen) atoms. The normalized spacial score (nSPS) is 13.7. The Balaban J connectivity index is 2.41. The number of hydroxylamine groups is 1. The van der Waals surface area contributed by atoms with Gasteiger partial charge in [-0.05, 0) is 12.1 Å². The summed E-state index contributed by atoms with van der Waals surface area (Å²) in [5.41, 5.74) is 6.09. The molecule has 0 amide bonds. The quantitative estimate of drug-likeness (QED) is 0.866. The molecule has 0 aromatic heterocycles. The molecule has 8 heteroatoms. The number of nitrogens with zero attached hydrogens (tertiary/aromatic N) is 3. The van der Waals surface area contributed by atoms with E-state index in [1.165, 1.54) is 13.2 Å². The van der Waals surface area contributed by atoms with E-state index in [9.17, 15) is 10.0 Å². The first kappa shape index (κ1) is 13.0. The molecule has 8 nitrogen and oxygen atoms in total. The fourth-order valence-electron chi connectivity index (χ4n) is 1.53. The standard InChI is InChI=1S/C11H13N4O4/c1-3-10(16)19-14-8-5-4-7(18-2)6-9(8)15(17)13-11(14)12/h4-6H,3H2,1-2H3,(H2,12,13)/q-1. The van der Waals surface area contributed by atoms with Crippen molar-refractivity contribution in [3.05, 3.63) is 23.4 Å². The average molecular weight is 265 g/mol. The van der Waals surface area contributed by atoms with Gasteiger partial charge in [0, 0.05) is 12.5 Å². The molecular formula is C11H13N4O4-. The van der Waals surface area contributed by atoms with Crippen molar-refractivity contribution in [3.63, 3.8) is 0 Å². The molecule has 102 valence electrons. The lowest BCUT2D eigenvalue weighted by atomic mass is 10.2. The van der Waals surface area contributed by atoms with Crippen LogP contribution in [0.4, 0.5) is 11.4 Å². The zero-order chi connectivity index (χ0) is 14.0. The molecule has 1 heterocycles. The Labute approximate surface area is 109 Å². The van der Waals surface area contributed by atoms with Crippen molar-refractivity contribution in [1.82, 2.24) is 0 Å². The number of guanidine groups is 1. The van der Waals surface area contributed by atoms with Gasteiger partial charge in [-0.3, -0.25) is 0 Å². The van der Waals surface area contributed by atoms with Gasteiger partial charge in [-0.15, -0.1) is 10.2 Å². The number of methoxy groups -OCH3 is 1. The summed E-state index contributed by atoms with van der Waals surface area (Å²) in [6, 6.07) is 4.66. The van der Waals surface area contributed by atoms with Gasteiger partial charge in [-0.1, -0.05) is 6.92 Å². The number of nitrogens with two attached hydrogens (primary N) is 1. The highest BCUT2D eigenvalue weighted by atomic mass is 16.7. The molecule has 0 unspecified atom stereocenters. The van der Waals surface area contributed by atoms with Gasteiger partial charge < -0.3 is 25.7 Å². The van der Waals surface area contributed by atoms with Crippen molar-refractivity contribution in [2.75, 3.05) is 17.3 Å². The van der Waals surface area contributed by atoms with E-state index >= 15 is 0 Å². The fraction of sp³-hybridized carbons (Fsp3) is 0.273. The van der Waals surface area contributed by atoms with Crippen LogP contribution in [-0.4, -0.2) is 19.0 Å². The van der Waals surface area contributed by atoms with Crippen LogP contribution in [0.5, 0.6) is 5.75 Å². The van der Waals surface area contributed by atoms with Crippen molar-refractivity contribution in [1.29, 1.82) is 0 Å². The van der Waals surface area contributed by atoms with Gasteiger partial charge in [0.25, 0.3) is 5.96 Å². The topological polar surface area (TPSA) is 103 Å². The first-order chi connectivity index (χ1) is 9.06. The van der Waals surface area contributed by atoms with Crippen LogP contribution < -0.4 is 20.7 Å². The van der Waals surface area contributed by atoms with E-state index in [2.05, 4.69) is 5.10 Å². The summed E-state index contributed by atoms with van der Waals surface area (Å²) >= 11 is 0. The SMILES string of the molecule is CCC(=O)ON1C(N)=NN([O-])c2cc(OC)ccc21. The number of carbonyl (C=O) groups excluding carboxylic acids is 1. The average Bonchev–Trinajstić information content (AvgIpc) is 2.42. The molecule has 0 bridgehead atoms. The first-order valence-corrected chi connectivity index (χ1v) is 5.57. The van der Waals surface area contributed by atoms with E-state index in [0.29, 0.717) is 16.6 Å². The molecule has 1 aromatic carbocycles. The number of fused-ring (bicyclic) bond motifs is 1. The number of hydrazone groups is 1. The van der Waals surface area contributed by atoms with Crippen molar-refractivity contribution in [2.45, 2.75) is 13.3 Å². The van der Waals surface area contributed by atoms with E-state index in [1.807, 2.05) is 0 Å². The van der Waals surface area contributed by atoms with Gasteiger partial charge in [0.2, 0.25) is 0 Å². The Hall–Kier alpha value is -2.48. The second-order valence-electron chi connectivity index (χ2n) is 3.70. The summed E-state index contributed by atoms with van der Waals surface area (Å²) in [7, 11) is 1.48. The van der Waals surface area contributed by atoms with Crippen molar-refractivity contribution in [3.8, 4) is 5.75 Å². The Bertz CT molecular complexity index is 531. The number of hydrogen-bond acceptors (Lipinski definition) is 8. The van der Waals surface area contributed by atoms with Gasteiger partial charge in [0.15, 0.2) is 0 Å². The van der Waals surface area contributed by atoms with Gasteiger partial charge in [0.1, 0.15) is 11.4 Å². The van der Waals surface area contributed by atoms with Crippen molar-refractivity contribution in [2.24, 2.45) is 10.8 Å². The number of ether oxygens (including phenoxy) is 1. The molecule has 1 aromatic rings. The number of rotatable bonds is 3. The maximum Gasteiger partial charge on any atom is 0.332 e. The predicted octanol–water partition coefficient (Wildman–Crippen LogP) is 0.917. The Morgan fingerprint density at radius 1 is 1.47 bits per heavy atom. The molecule has 0 fully saturated rings. The van der Waals surface area contributed by atoms with Gasteiger partial charge >= 0.3 is 5.97 Å². The van der Waals surface area contributed by atoms with Crippen LogP contribution in [0, 0.1) is 5.21 Å². The summed E-state index contributed by atoms with van der Waals surface area (Å²) in [6.07, 6.45) is 0.177.